The fourth-order valence-electron chi connectivity index (χ4n) is 0.806. The third kappa shape index (κ3) is 2.65. The van der Waals surface area contributed by atoms with Crippen molar-refractivity contribution in [3.05, 3.63) is 29.6 Å². The molecule has 12 heavy (non-hydrogen) atoms. The van der Waals surface area contributed by atoms with Gasteiger partial charge in [0.25, 0.3) is 0 Å². The first-order valence-corrected chi connectivity index (χ1v) is 3.15. The van der Waals surface area contributed by atoms with Gasteiger partial charge in [-0.2, -0.15) is 0 Å². The number of hydrazine groups is 1. The molecular weight excluding hydrogens is 183 g/mol. The molecule has 0 unspecified atom stereocenters. The zero-order chi connectivity index (χ0) is 8.27. The average molecular weight is 193 g/mol. The smallest absolute Gasteiger partial charge is 0.123 e. The minimum atomic E-state index is -0.381. The summed E-state index contributed by atoms with van der Waals surface area (Å²) in [6, 6.07) is 3.71. The van der Waals surface area contributed by atoms with Crippen molar-refractivity contribution in [2.75, 3.05) is 0 Å². The SMILES string of the molecule is Cl.NNCc1cc(F)ccc1O. The van der Waals surface area contributed by atoms with E-state index in [1.807, 2.05) is 0 Å². The Balaban J connectivity index is 0.00000121. The van der Waals surface area contributed by atoms with Gasteiger partial charge in [-0.1, -0.05) is 0 Å². The van der Waals surface area contributed by atoms with Crippen LogP contribution in [0.5, 0.6) is 5.75 Å². The van der Waals surface area contributed by atoms with Crippen molar-refractivity contribution >= 4 is 12.4 Å². The van der Waals surface area contributed by atoms with Crippen LogP contribution in [0.3, 0.4) is 0 Å². The summed E-state index contributed by atoms with van der Waals surface area (Å²) >= 11 is 0. The van der Waals surface area contributed by atoms with Gasteiger partial charge in [0.2, 0.25) is 0 Å². The van der Waals surface area contributed by atoms with Crippen LogP contribution in [0.15, 0.2) is 18.2 Å². The van der Waals surface area contributed by atoms with E-state index >= 15 is 0 Å². The van der Waals surface area contributed by atoms with Crippen LogP contribution in [0.25, 0.3) is 0 Å². The zero-order valence-corrected chi connectivity index (χ0v) is 7.07. The van der Waals surface area contributed by atoms with E-state index in [9.17, 15) is 4.39 Å². The van der Waals surface area contributed by atoms with Gasteiger partial charge in [-0.25, -0.2) is 4.39 Å². The molecule has 0 spiro atoms. The molecule has 3 nitrogen and oxygen atoms in total. The lowest BCUT2D eigenvalue weighted by Gasteiger charge is -2.02. The maximum atomic E-state index is 12.5. The summed E-state index contributed by atoms with van der Waals surface area (Å²) in [4.78, 5) is 0. The largest absolute Gasteiger partial charge is 0.508 e. The minimum absolute atomic E-state index is 0. The first kappa shape index (κ1) is 11.2. The molecule has 0 aliphatic heterocycles. The monoisotopic (exact) mass is 192 g/mol. The van der Waals surface area contributed by atoms with Crippen LogP contribution in [0.4, 0.5) is 4.39 Å². The number of rotatable bonds is 2. The van der Waals surface area contributed by atoms with E-state index in [4.69, 9.17) is 10.9 Å². The molecule has 0 radical (unpaired) electrons. The first-order chi connectivity index (χ1) is 5.24. The second kappa shape index (κ2) is 4.92. The number of aromatic hydroxyl groups is 1. The molecule has 5 heteroatoms. The lowest BCUT2D eigenvalue weighted by atomic mass is 10.2. The number of hydrogen-bond acceptors (Lipinski definition) is 3. The quantitative estimate of drug-likeness (QED) is 0.483. The van der Waals surface area contributed by atoms with Gasteiger partial charge in [0.05, 0.1) is 0 Å². The van der Waals surface area contributed by atoms with Crippen molar-refractivity contribution in [1.82, 2.24) is 5.43 Å². The molecule has 4 N–H and O–H groups in total. The number of halogens is 2. The second-order valence-corrected chi connectivity index (χ2v) is 2.15. The Hall–Kier alpha value is -0.840. The molecule has 0 heterocycles. The van der Waals surface area contributed by atoms with E-state index in [0.717, 1.165) is 0 Å². The Morgan fingerprint density at radius 1 is 1.50 bits per heavy atom. The molecule has 1 aromatic carbocycles. The summed E-state index contributed by atoms with van der Waals surface area (Å²) in [5, 5.41) is 9.10. The lowest BCUT2D eigenvalue weighted by molar-refractivity contribution is 0.462. The van der Waals surface area contributed by atoms with Crippen molar-refractivity contribution < 1.29 is 9.50 Å². The zero-order valence-electron chi connectivity index (χ0n) is 6.25. The third-order valence-corrected chi connectivity index (χ3v) is 1.33. The Kier molecular flexibility index (Phi) is 4.58. The summed E-state index contributed by atoms with van der Waals surface area (Å²) in [7, 11) is 0. The number of hydrogen-bond donors (Lipinski definition) is 3. The molecule has 0 fully saturated rings. The molecule has 0 amide bonds. The van der Waals surface area contributed by atoms with Crippen molar-refractivity contribution in [3.8, 4) is 5.75 Å². The molecule has 0 aliphatic rings. The van der Waals surface area contributed by atoms with Crippen molar-refractivity contribution in [1.29, 1.82) is 0 Å². The molecule has 0 saturated heterocycles. The van der Waals surface area contributed by atoms with Gasteiger partial charge in [0, 0.05) is 12.1 Å². The maximum Gasteiger partial charge on any atom is 0.123 e. The van der Waals surface area contributed by atoms with Crippen LogP contribution in [0, 0.1) is 5.82 Å². The van der Waals surface area contributed by atoms with E-state index in [2.05, 4.69) is 5.43 Å². The Bertz CT molecular complexity index is 257. The van der Waals surface area contributed by atoms with E-state index < -0.39 is 0 Å². The van der Waals surface area contributed by atoms with E-state index in [1.54, 1.807) is 0 Å². The van der Waals surface area contributed by atoms with E-state index in [0.29, 0.717) is 5.56 Å². The van der Waals surface area contributed by atoms with Gasteiger partial charge in [-0.05, 0) is 18.2 Å². The highest BCUT2D eigenvalue weighted by molar-refractivity contribution is 5.85. The van der Waals surface area contributed by atoms with Crippen LogP contribution >= 0.6 is 12.4 Å². The van der Waals surface area contributed by atoms with Crippen LogP contribution in [-0.4, -0.2) is 5.11 Å². The fraction of sp³-hybridized carbons (Fsp3) is 0.143. The molecule has 0 atom stereocenters. The third-order valence-electron chi connectivity index (χ3n) is 1.33. The molecular formula is C7H10ClFN2O. The molecule has 1 aromatic rings. The molecule has 0 aliphatic carbocycles. The number of nitrogens with one attached hydrogen (secondary N) is 1. The Morgan fingerprint density at radius 3 is 2.75 bits per heavy atom. The second-order valence-electron chi connectivity index (χ2n) is 2.15. The Labute approximate surface area is 75.8 Å². The van der Waals surface area contributed by atoms with Gasteiger partial charge in [0.1, 0.15) is 11.6 Å². The van der Waals surface area contributed by atoms with Crippen molar-refractivity contribution in [3.63, 3.8) is 0 Å². The highest BCUT2D eigenvalue weighted by Crippen LogP contribution is 2.16. The molecule has 0 saturated carbocycles. The summed E-state index contributed by atoms with van der Waals surface area (Å²) in [6.45, 7) is 0.254. The van der Waals surface area contributed by atoms with Crippen LogP contribution < -0.4 is 11.3 Å². The van der Waals surface area contributed by atoms with E-state index in [1.165, 1.54) is 18.2 Å². The highest BCUT2D eigenvalue weighted by Gasteiger charge is 2.00. The van der Waals surface area contributed by atoms with Gasteiger partial charge in [0.15, 0.2) is 0 Å². The van der Waals surface area contributed by atoms with E-state index in [-0.39, 0.29) is 30.5 Å². The van der Waals surface area contributed by atoms with Gasteiger partial charge in [-0.15, -0.1) is 12.4 Å². The van der Waals surface area contributed by atoms with Crippen molar-refractivity contribution in [2.24, 2.45) is 5.84 Å². The molecule has 0 bridgehead atoms. The summed E-state index contributed by atoms with van der Waals surface area (Å²) in [5.74, 6) is 4.66. The fourth-order valence-corrected chi connectivity index (χ4v) is 0.806. The van der Waals surface area contributed by atoms with Gasteiger partial charge >= 0.3 is 0 Å². The maximum absolute atomic E-state index is 12.5. The van der Waals surface area contributed by atoms with Crippen LogP contribution in [-0.2, 0) is 6.54 Å². The molecule has 1 rings (SSSR count). The lowest BCUT2D eigenvalue weighted by Crippen LogP contribution is -2.20. The number of phenols is 1. The highest BCUT2D eigenvalue weighted by atomic mass is 35.5. The number of phenolic OH excluding ortho intramolecular Hbond substituents is 1. The van der Waals surface area contributed by atoms with Gasteiger partial charge < -0.3 is 5.11 Å². The number of nitrogens with two attached hydrogens (primary N) is 1. The minimum Gasteiger partial charge on any atom is -0.508 e. The van der Waals surface area contributed by atoms with Crippen molar-refractivity contribution in [2.45, 2.75) is 6.54 Å². The predicted molar refractivity (Wildman–Crippen MR) is 46.3 cm³/mol. The van der Waals surface area contributed by atoms with Crippen LogP contribution in [0.2, 0.25) is 0 Å². The number of benzene rings is 1. The van der Waals surface area contributed by atoms with Crippen LogP contribution in [0.1, 0.15) is 5.56 Å². The van der Waals surface area contributed by atoms with Gasteiger partial charge in [-0.3, -0.25) is 11.3 Å². The summed E-state index contributed by atoms with van der Waals surface area (Å²) in [5.41, 5.74) is 2.78. The topological polar surface area (TPSA) is 58.3 Å². The standard InChI is InChI=1S/C7H9FN2O.ClH/c8-6-1-2-7(11)5(3-6)4-10-9;/h1-3,10-11H,4,9H2;1H. The summed E-state index contributed by atoms with van der Waals surface area (Å²) < 4.78 is 12.5. The average Bonchev–Trinajstić information content (AvgIpc) is 1.98. The Morgan fingerprint density at radius 2 is 2.17 bits per heavy atom. The molecule has 0 aromatic heterocycles. The molecule has 68 valence electrons. The first-order valence-electron chi connectivity index (χ1n) is 3.15. The predicted octanol–water partition coefficient (Wildman–Crippen LogP) is 0.916. The normalized spacial score (nSPS) is 9.17. The summed E-state index contributed by atoms with van der Waals surface area (Å²) in [6.07, 6.45) is 0.